The van der Waals surface area contributed by atoms with Crippen LogP contribution in [0.15, 0.2) is 24.3 Å². The summed E-state index contributed by atoms with van der Waals surface area (Å²) in [6.45, 7) is 3.01. The standard InChI is InChI=1S/C19H25ClN2O4/c20-15-4-6-16(7-5-15)22-12-14(11-18(22)23)19(24)21-8-2-9-25-13-17-3-1-10-26-17/h4-7,14,17H,1-3,8-13H2,(H,21,24). The molecule has 26 heavy (non-hydrogen) atoms. The van der Waals surface area contributed by atoms with Gasteiger partial charge in [-0.3, -0.25) is 9.59 Å². The summed E-state index contributed by atoms with van der Waals surface area (Å²) in [6, 6.07) is 7.08. The molecule has 7 heteroatoms. The molecule has 0 aromatic heterocycles. The summed E-state index contributed by atoms with van der Waals surface area (Å²) in [5.74, 6) is -0.424. The van der Waals surface area contributed by atoms with Crippen LogP contribution in [-0.4, -0.2) is 50.8 Å². The monoisotopic (exact) mass is 380 g/mol. The average molecular weight is 381 g/mol. The van der Waals surface area contributed by atoms with E-state index in [9.17, 15) is 9.59 Å². The fraction of sp³-hybridized carbons (Fsp3) is 0.579. The number of hydrogen-bond donors (Lipinski definition) is 1. The predicted molar refractivity (Wildman–Crippen MR) is 99.3 cm³/mol. The molecule has 3 rings (SSSR count). The Hall–Kier alpha value is -1.63. The molecule has 2 heterocycles. The Morgan fingerprint density at radius 1 is 1.35 bits per heavy atom. The number of halogens is 1. The van der Waals surface area contributed by atoms with E-state index in [1.807, 2.05) is 0 Å². The zero-order valence-corrected chi connectivity index (χ0v) is 15.5. The van der Waals surface area contributed by atoms with Gasteiger partial charge in [-0.15, -0.1) is 0 Å². The van der Waals surface area contributed by atoms with E-state index in [1.54, 1.807) is 29.2 Å². The van der Waals surface area contributed by atoms with E-state index in [0.29, 0.717) is 31.3 Å². The third kappa shape index (κ3) is 5.19. The van der Waals surface area contributed by atoms with Crippen LogP contribution in [0.2, 0.25) is 5.02 Å². The molecule has 2 saturated heterocycles. The quantitative estimate of drug-likeness (QED) is 0.703. The SMILES string of the molecule is O=C(NCCCOCC1CCCO1)C1CC(=O)N(c2ccc(Cl)cc2)C1. The lowest BCUT2D eigenvalue weighted by Gasteiger charge is -2.16. The van der Waals surface area contributed by atoms with Gasteiger partial charge in [-0.05, 0) is 43.5 Å². The zero-order valence-electron chi connectivity index (χ0n) is 14.8. The number of anilines is 1. The van der Waals surface area contributed by atoms with E-state index in [4.69, 9.17) is 21.1 Å². The first kappa shape index (κ1) is 19.1. The highest BCUT2D eigenvalue weighted by molar-refractivity contribution is 6.30. The van der Waals surface area contributed by atoms with Gasteiger partial charge in [-0.2, -0.15) is 0 Å². The Balaban J connectivity index is 1.34. The minimum absolute atomic E-state index is 0.0348. The second-order valence-electron chi connectivity index (χ2n) is 6.74. The first-order valence-corrected chi connectivity index (χ1v) is 9.54. The number of rotatable bonds is 8. The van der Waals surface area contributed by atoms with E-state index < -0.39 is 0 Å². The minimum Gasteiger partial charge on any atom is -0.379 e. The highest BCUT2D eigenvalue weighted by atomic mass is 35.5. The van der Waals surface area contributed by atoms with Crippen molar-refractivity contribution >= 4 is 29.1 Å². The zero-order chi connectivity index (χ0) is 18.4. The molecule has 2 amide bonds. The molecule has 1 aromatic rings. The molecule has 1 N–H and O–H groups in total. The van der Waals surface area contributed by atoms with Gasteiger partial charge in [0.25, 0.3) is 0 Å². The summed E-state index contributed by atoms with van der Waals surface area (Å²) in [5.41, 5.74) is 0.775. The molecular formula is C19H25ClN2O4. The molecule has 0 aliphatic carbocycles. The van der Waals surface area contributed by atoms with Crippen molar-refractivity contribution in [2.45, 2.75) is 31.8 Å². The molecule has 1 aromatic carbocycles. The maximum absolute atomic E-state index is 12.3. The molecule has 2 aliphatic rings. The number of ether oxygens (including phenoxy) is 2. The molecule has 0 bridgehead atoms. The molecule has 6 nitrogen and oxygen atoms in total. The van der Waals surface area contributed by atoms with Crippen molar-refractivity contribution in [3.05, 3.63) is 29.3 Å². The van der Waals surface area contributed by atoms with Gasteiger partial charge < -0.3 is 19.7 Å². The number of amides is 2. The van der Waals surface area contributed by atoms with Crippen LogP contribution in [0.5, 0.6) is 0 Å². The fourth-order valence-electron chi connectivity index (χ4n) is 3.27. The van der Waals surface area contributed by atoms with Gasteiger partial charge in [-0.25, -0.2) is 0 Å². The highest BCUT2D eigenvalue weighted by Crippen LogP contribution is 2.26. The van der Waals surface area contributed by atoms with Crippen LogP contribution in [0, 0.1) is 5.92 Å². The van der Waals surface area contributed by atoms with Crippen LogP contribution in [0.4, 0.5) is 5.69 Å². The molecular weight excluding hydrogens is 356 g/mol. The van der Waals surface area contributed by atoms with Crippen LogP contribution >= 0.6 is 11.6 Å². The number of carbonyl (C=O) groups excluding carboxylic acids is 2. The Kier molecular flexibility index (Phi) is 6.88. The summed E-state index contributed by atoms with van der Waals surface area (Å²) in [4.78, 5) is 26.1. The van der Waals surface area contributed by atoms with E-state index >= 15 is 0 Å². The smallest absolute Gasteiger partial charge is 0.227 e. The molecule has 2 unspecified atom stereocenters. The summed E-state index contributed by atoms with van der Waals surface area (Å²) < 4.78 is 11.1. The van der Waals surface area contributed by atoms with Crippen LogP contribution < -0.4 is 10.2 Å². The van der Waals surface area contributed by atoms with Crippen molar-refractivity contribution in [3.8, 4) is 0 Å². The Labute approximate surface area is 158 Å². The first-order valence-electron chi connectivity index (χ1n) is 9.16. The molecule has 0 saturated carbocycles. The molecule has 2 aliphatic heterocycles. The fourth-order valence-corrected chi connectivity index (χ4v) is 3.40. The lowest BCUT2D eigenvalue weighted by Crippen LogP contribution is -2.34. The van der Waals surface area contributed by atoms with Gasteiger partial charge >= 0.3 is 0 Å². The summed E-state index contributed by atoms with van der Waals surface area (Å²) in [6.07, 6.45) is 3.39. The molecule has 2 fully saturated rings. The van der Waals surface area contributed by atoms with Crippen molar-refractivity contribution in [2.75, 3.05) is 37.8 Å². The lowest BCUT2D eigenvalue weighted by atomic mass is 10.1. The lowest BCUT2D eigenvalue weighted by molar-refractivity contribution is -0.126. The second-order valence-corrected chi connectivity index (χ2v) is 7.17. The Morgan fingerprint density at radius 2 is 2.15 bits per heavy atom. The topological polar surface area (TPSA) is 67.9 Å². The summed E-state index contributed by atoms with van der Waals surface area (Å²) in [7, 11) is 0. The maximum atomic E-state index is 12.3. The Morgan fingerprint density at radius 3 is 2.88 bits per heavy atom. The highest BCUT2D eigenvalue weighted by Gasteiger charge is 2.34. The minimum atomic E-state index is -0.314. The van der Waals surface area contributed by atoms with Gasteiger partial charge in [0.15, 0.2) is 0 Å². The van der Waals surface area contributed by atoms with E-state index in [2.05, 4.69) is 5.32 Å². The first-order chi connectivity index (χ1) is 12.6. The van der Waals surface area contributed by atoms with Gasteiger partial charge in [-0.1, -0.05) is 11.6 Å². The molecule has 0 spiro atoms. The van der Waals surface area contributed by atoms with Gasteiger partial charge in [0.05, 0.1) is 18.6 Å². The van der Waals surface area contributed by atoms with Crippen molar-refractivity contribution < 1.29 is 19.1 Å². The van der Waals surface area contributed by atoms with Crippen molar-refractivity contribution in [1.29, 1.82) is 0 Å². The number of benzene rings is 1. The number of nitrogens with one attached hydrogen (secondary N) is 1. The van der Waals surface area contributed by atoms with Gasteiger partial charge in [0.2, 0.25) is 11.8 Å². The van der Waals surface area contributed by atoms with Crippen LogP contribution in [-0.2, 0) is 19.1 Å². The maximum Gasteiger partial charge on any atom is 0.227 e. The van der Waals surface area contributed by atoms with Crippen molar-refractivity contribution in [3.63, 3.8) is 0 Å². The average Bonchev–Trinajstić information content (AvgIpc) is 3.28. The number of carbonyl (C=O) groups is 2. The van der Waals surface area contributed by atoms with Crippen LogP contribution in [0.1, 0.15) is 25.7 Å². The molecule has 2 atom stereocenters. The number of nitrogens with zero attached hydrogens (tertiary/aromatic N) is 1. The van der Waals surface area contributed by atoms with E-state index in [1.165, 1.54) is 0 Å². The summed E-state index contributed by atoms with van der Waals surface area (Å²) >= 11 is 5.88. The third-order valence-electron chi connectivity index (χ3n) is 4.73. The van der Waals surface area contributed by atoms with Crippen LogP contribution in [0.3, 0.4) is 0 Å². The summed E-state index contributed by atoms with van der Waals surface area (Å²) in [5, 5.41) is 3.53. The van der Waals surface area contributed by atoms with Gasteiger partial charge in [0.1, 0.15) is 0 Å². The number of hydrogen-bond acceptors (Lipinski definition) is 4. The molecule has 0 radical (unpaired) electrons. The van der Waals surface area contributed by atoms with Crippen molar-refractivity contribution in [2.24, 2.45) is 5.92 Å². The van der Waals surface area contributed by atoms with Crippen LogP contribution in [0.25, 0.3) is 0 Å². The second kappa shape index (κ2) is 9.35. The largest absolute Gasteiger partial charge is 0.379 e. The van der Waals surface area contributed by atoms with Crippen molar-refractivity contribution in [1.82, 2.24) is 5.32 Å². The normalized spacial score (nSPS) is 22.8. The molecule has 142 valence electrons. The third-order valence-corrected chi connectivity index (χ3v) is 4.98. The van der Waals surface area contributed by atoms with Gasteiger partial charge in [0, 0.05) is 43.4 Å². The van der Waals surface area contributed by atoms with E-state index in [-0.39, 0.29) is 30.3 Å². The van der Waals surface area contributed by atoms with E-state index in [0.717, 1.165) is 31.6 Å². The predicted octanol–water partition coefficient (Wildman–Crippen LogP) is 2.39. The Bertz CT molecular complexity index is 616.